The Labute approximate surface area is 107 Å². The fourth-order valence-electron chi connectivity index (χ4n) is 1.50. The van der Waals surface area contributed by atoms with E-state index in [4.69, 9.17) is 10.00 Å². The van der Waals surface area contributed by atoms with E-state index < -0.39 is 17.5 Å². The van der Waals surface area contributed by atoms with Gasteiger partial charge in [0.1, 0.15) is 18.2 Å². The first-order chi connectivity index (χ1) is 9.10. The van der Waals surface area contributed by atoms with E-state index in [1.54, 1.807) is 0 Å². The van der Waals surface area contributed by atoms with Gasteiger partial charge in [0.15, 0.2) is 11.6 Å². The topological polar surface area (TPSA) is 33.0 Å². The fourth-order valence-corrected chi connectivity index (χ4v) is 1.50. The van der Waals surface area contributed by atoms with Crippen LogP contribution in [-0.2, 0) is 6.61 Å². The Morgan fingerprint density at radius 3 is 2.47 bits per heavy atom. The molecule has 0 N–H and O–H groups in total. The van der Waals surface area contributed by atoms with Crippen LogP contribution < -0.4 is 4.74 Å². The minimum Gasteiger partial charge on any atom is -0.486 e. The molecule has 96 valence electrons. The first-order valence-corrected chi connectivity index (χ1v) is 5.36. The molecule has 2 aromatic rings. The summed E-state index contributed by atoms with van der Waals surface area (Å²) in [6, 6.07) is 8.36. The maximum atomic E-state index is 13.4. The van der Waals surface area contributed by atoms with Crippen molar-refractivity contribution in [3.8, 4) is 11.8 Å². The molecule has 0 heterocycles. The van der Waals surface area contributed by atoms with Crippen LogP contribution in [0.15, 0.2) is 36.4 Å². The molecule has 0 saturated heterocycles. The number of rotatable bonds is 3. The Hall–Kier alpha value is -2.48. The van der Waals surface area contributed by atoms with E-state index in [9.17, 15) is 13.2 Å². The van der Waals surface area contributed by atoms with Crippen molar-refractivity contribution >= 4 is 0 Å². The number of hydrogen-bond acceptors (Lipinski definition) is 2. The molecule has 0 aliphatic carbocycles. The zero-order valence-electron chi connectivity index (χ0n) is 9.66. The number of hydrogen-bond donors (Lipinski definition) is 0. The summed E-state index contributed by atoms with van der Waals surface area (Å²) in [5.41, 5.74) is 0.363. The first kappa shape index (κ1) is 13.0. The molecule has 0 aromatic heterocycles. The number of nitrogens with zero attached hydrogens (tertiary/aromatic N) is 1. The standard InChI is InChI=1S/C14H8F3NO/c15-11-2-4-13(17)14(6-11)19-8-10-5-9(7-18)1-3-12(10)16/h1-6H,8H2. The monoisotopic (exact) mass is 263 g/mol. The quantitative estimate of drug-likeness (QED) is 0.848. The molecule has 0 bridgehead atoms. The third-order valence-electron chi connectivity index (χ3n) is 2.45. The lowest BCUT2D eigenvalue weighted by molar-refractivity contribution is 0.283. The molecular weight excluding hydrogens is 255 g/mol. The summed E-state index contributed by atoms with van der Waals surface area (Å²) in [6.45, 7) is -0.290. The number of halogens is 3. The van der Waals surface area contributed by atoms with Gasteiger partial charge < -0.3 is 4.74 Å². The predicted molar refractivity (Wildman–Crippen MR) is 61.8 cm³/mol. The van der Waals surface area contributed by atoms with E-state index in [-0.39, 0.29) is 23.5 Å². The van der Waals surface area contributed by atoms with Crippen LogP contribution in [-0.4, -0.2) is 0 Å². The predicted octanol–water partition coefficient (Wildman–Crippen LogP) is 3.55. The SMILES string of the molecule is N#Cc1ccc(F)c(COc2cc(F)ccc2F)c1. The van der Waals surface area contributed by atoms with Crippen LogP contribution in [0.25, 0.3) is 0 Å². The first-order valence-electron chi connectivity index (χ1n) is 5.36. The maximum absolute atomic E-state index is 13.4. The van der Waals surface area contributed by atoms with Crippen molar-refractivity contribution in [1.82, 2.24) is 0 Å². The molecule has 0 amide bonds. The van der Waals surface area contributed by atoms with Crippen LogP contribution in [0.5, 0.6) is 5.75 Å². The minimum atomic E-state index is -0.738. The molecule has 0 saturated carbocycles. The van der Waals surface area contributed by atoms with Crippen molar-refractivity contribution in [2.24, 2.45) is 0 Å². The Bertz CT molecular complexity index is 650. The van der Waals surface area contributed by atoms with E-state index in [1.807, 2.05) is 6.07 Å². The van der Waals surface area contributed by atoms with Crippen LogP contribution >= 0.6 is 0 Å². The highest BCUT2D eigenvalue weighted by molar-refractivity contribution is 5.34. The summed E-state index contributed by atoms with van der Waals surface area (Å²) in [4.78, 5) is 0. The number of ether oxygens (including phenoxy) is 1. The van der Waals surface area contributed by atoms with E-state index in [2.05, 4.69) is 0 Å². The van der Waals surface area contributed by atoms with Crippen LogP contribution in [0, 0.1) is 28.8 Å². The average Bonchev–Trinajstić information content (AvgIpc) is 2.41. The van der Waals surface area contributed by atoms with E-state index >= 15 is 0 Å². The molecule has 0 fully saturated rings. The van der Waals surface area contributed by atoms with E-state index in [0.717, 1.165) is 24.3 Å². The number of nitriles is 1. The van der Waals surface area contributed by atoms with Crippen LogP contribution in [0.2, 0.25) is 0 Å². The van der Waals surface area contributed by atoms with Crippen molar-refractivity contribution in [2.75, 3.05) is 0 Å². The molecule has 5 heteroatoms. The van der Waals surface area contributed by atoms with Gasteiger partial charge in [-0.3, -0.25) is 0 Å². The molecular formula is C14H8F3NO. The fraction of sp³-hybridized carbons (Fsp3) is 0.0714. The molecule has 0 aliphatic heterocycles. The van der Waals surface area contributed by atoms with Crippen molar-refractivity contribution in [3.05, 3.63) is 65.0 Å². The second-order valence-electron chi connectivity index (χ2n) is 3.78. The van der Waals surface area contributed by atoms with Gasteiger partial charge in [0.2, 0.25) is 0 Å². The summed E-state index contributed by atoms with van der Waals surface area (Å²) in [6.07, 6.45) is 0. The van der Waals surface area contributed by atoms with Crippen molar-refractivity contribution in [2.45, 2.75) is 6.61 Å². The second-order valence-corrected chi connectivity index (χ2v) is 3.78. The van der Waals surface area contributed by atoms with Crippen molar-refractivity contribution in [1.29, 1.82) is 5.26 Å². The van der Waals surface area contributed by atoms with Crippen LogP contribution in [0.1, 0.15) is 11.1 Å². The van der Waals surface area contributed by atoms with Gasteiger partial charge in [-0.05, 0) is 30.3 Å². The van der Waals surface area contributed by atoms with Gasteiger partial charge in [-0.25, -0.2) is 13.2 Å². The van der Waals surface area contributed by atoms with Gasteiger partial charge in [0.05, 0.1) is 11.6 Å². The molecule has 0 spiro atoms. The van der Waals surface area contributed by atoms with E-state index in [1.165, 1.54) is 12.1 Å². The Morgan fingerprint density at radius 1 is 1.00 bits per heavy atom. The summed E-state index contributed by atoms with van der Waals surface area (Å²) in [5.74, 6) is -2.27. The second kappa shape index (κ2) is 5.44. The Morgan fingerprint density at radius 2 is 1.74 bits per heavy atom. The molecule has 2 aromatic carbocycles. The maximum Gasteiger partial charge on any atom is 0.165 e. The van der Waals surface area contributed by atoms with Crippen LogP contribution in [0.3, 0.4) is 0 Å². The van der Waals surface area contributed by atoms with Gasteiger partial charge in [-0.1, -0.05) is 0 Å². The highest BCUT2D eigenvalue weighted by Gasteiger charge is 2.08. The molecule has 2 rings (SSSR count). The molecule has 19 heavy (non-hydrogen) atoms. The molecule has 0 unspecified atom stereocenters. The zero-order chi connectivity index (χ0) is 13.8. The Balaban J connectivity index is 2.19. The average molecular weight is 263 g/mol. The van der Waals surface area contributed by atoms with Crippen LogP contribution in [0.4, 0.5) is 13.2 Å². The molecule has 0 atom stereocenters. The van der Waals surface area contributed by atoms with Gasteiger partial charge in [-0.15, -0.1) is 0 Å². The zero-order valence-corrected chi connectivity index (χ0v) is 9.66. The van der Waals surface area contributed by atoms with E-state index in [0.29, 0.717) is 0 Å². The smallest absolute Gasteiger partial charge is 0.165 e. The highest BCUT2D eigenvalue weighted by Crippen LogP contribution is 2.20. The summed E-state index contributed by atoms with van der Waals surface area (Å²) in [5, 5.41) is 8.70. The summed E-state index contributed by atoms with van der Waals surface area (Å²) >= 11 is 0. The third kappa shape index (κ3) is 3.05. The Kier molecular flexibility index (Phi) is 3.71. The normalized spacial score (nSPS) is 10.0. The van der Waals surface area contributed by atoms with Crippen molar-refractivity contribution < 1.29 is 17.9 Å². The lowest BCUT2D eigenvalue weighted by atomic mass is 10.1. The van der Waals surface area contributed by atoms with Gasteiger partial charge >= 0.3 is 0 Å². The van der Waals surface area contributed by atoms with Gasteiger partial charge in [-0.2, -0.15) is 5.26 Å². The number of benzene rings is 2. The summed E-state index contributed by atoms with van der Waals surface area (Å²) in [7, 11) is 0. The largest absolute Gasteiger partial charge is 0.486 e. The molecule has 0 aliphatic rings. The lowest BCUT2D eigenvalue weighted by Crippen LogP contribution is -2.01. The minimum absolute atomic E-state index is 0.0997. The lowest BCUT2D eigenvalue weighted by Gasteiger charge is -2.08. The summed E-state index contributed by atoms with van der Waals surface area (Å²) < 4.78 is 44.6. The van der Waals surface area contributed by atoms with Gasteiger partial charge in [0, 0.05) is 11.6 Å². The third-order valence-corrected chi connectivity index (χ3v) is 2.45. The highest BCUT2D eigenvalue weighted by atomic mass is 19.1. The van der Waals surface area contributed by atoms with Gasteiger partial charge in [0.25, 0.3) is 0 Å². The molecule has 2 nitrogen and oxygen atoms in total. The van der Waals surface area contributed by atoms with Crippen molar-refractivity contribution in [3.63, 3.8) is 0 Å². The molecule has 0 radical (unpaired) electrons.